The number of carboxylic acid groups (broad SMARTS) is 1. The van der Waals surface area contributed by atoms with Crippen LogP contribution >= 0.6 is 0 Å². The van der Waals surface area contributed by atoms with Crippen LogP contribution in [-0.2, 0) is 13.6 Å². The number of carboxylic acids is 1. The number of hydrogen-bond acceptors (Lipinski definition) is 3. The summed E-state index contributed by atoms with van der Waals surface area (Å²) in [6.07, 6.45) is 1.56. The Morgan fingerprint density at radius 1 is 1.25 bits per heavy atom. The van der Waals surface area contributed by atoms with E-state index in [0.717, 1.165) is 19.3 Å². The van der Waals surface area contributed by atoms with Gasteiger partial charge in [0.25, 0.3) is 0 Å². The molecule has 0 saturated carbocycles. The highest BCUT2D eigenvalue weighted by Gasteiger charge is 2.06. The van der Waals surface area contributed by atoms with Gasteiger partial charge in [-0.1, -0.05) is 13.0 Å². The molecule has 0 aliphatic rings. The van der Waals surface area contributed by atoms with Gasteiger partial charge >= 0.3 is 15.3 Å². The zero-order valence-corrected chi connectivity index (χ0v) is 12.1. The van der Waals surface area contributed by atoms with Crippen LogP contribution in [0.3, 0.4) is 0 Å². The van der Waals surface area contributed by atoms with Crippen LogP contribution in [0, 0.1) is 0 Å². The van der Waals surface area contributed by atoms with Gasteiger partial charge in [0.15, 0.2) is 0 Å². The maximum atomic E-state index is 9.86. The summed E-state index contributed by atoms with van der Waals surface area (Å²) < 4.78 is 10.7. The minimum Gasteiger partial charge on any atom is -0.478 e. The Morgan fingerprint density at radius 3 is 1.81 bits per heavy atom. The third-order valence-corrected chi connectivity index (χ3v) is 3.89. The molecule has 0 spiro atoms. The molecule has 0 aromatic heterocycles. The van der Waals surface area contributed by atoms with Crippen molar-refractivity contribution in [2.45, 2.75) is 40.7 Å². The zero-order valence-electron chi connectivity index (χ0n) is 10.9. The number of aliphatic carboxylic acids is 1. The molecule has 96 valence electrons. The van der Waals surface area contributed by atoms with E-state index in [9.17, 15) is 4.79 Å². The molecule has 1 N–H and O–H groups in total. The molecule has 0 aliphatic heterocycles. The van der Waals surface area contributed by atoms with Gasteiger partial charge in [-0.3, -0.25) is 0 Å². The predicted octanol–water partition coefficient (Wildman–Crippen LogP) is 2.34. The molecule has 0 heterocycles. The van der Waals surface area contributed by atoms with Crippen molar-refractivity contribution in [1.29, 1.82) is 0 Å². The number of rotatable bonds is 6. The first-order valence-corrected chi connectivity index (χ1v) is 7.38. The average Bonchev–Trinajstić information content (AvgIpc) is 2.28. The van der Waals surface area contributed by atoms with E-state index >= 15 is 0 Å². The highest BCUT2D eigenvalue weighted by Crippen LogP contribution is 1.94. The topological polar surface area (TPSA) is 55.8 Å². The Labute approximate surface area is 100 Å². The van der Waals surface area contributed by atoms with Crippen LogP contribution in [0.25, 0.3) is 0 Å². The normalized spacial score (nSPS) is 11.0. The average molecular weight is 248 g/mol. The van der Waals surface area contributed by atoms with Gasteiger partial charge in [0.1, 0.15) is 0 Å². The molecule has 0 saturated heterocycles. The molecule has 5 heteroatoms. The fourth-order valence-electron chi connectivity index (χ4n) is 0.779. The molecule has 0 amide bonds. The molecule has 16 heavy (non-hydrogen) atoms. The SMILES string of the molecule is CC=C(C)C(=O)O.CCO[SiH](CC)OCC. The molecule has 0 bridgehead atoms. The van der Waals surface area contributed by atoms with Gasteiger partial charge in [0, 0.05) is 18.8 Å². The van der Waals surface area contributed by atoms with Gasteiger partial charge in [-0.05, 0) is 33.7 Å². The highest BCUT2D eigenvalue weighted by molar-refractivity contribution is 6.44. The molecule has 0 aliphatic carbocycles. The summed E-state index contributed by atoms with van der Waals surface area (Å²) in [6, 6.07) is 1.07. The summed E-state index contributed by atoms with van der Waals surface area (Å²) in [6.45, 7) is 11.0. The van der Waals surface area contributed by atoms with E-state index in [4.69, 9.17) is 14.0 Å². The third-order valence-electron chi connectivity index (χ3n) is 1.81. The van der Waals surface area contributed by atoms with Gasteiger partial charge < -0.3 is 14.0 Å². The van der Waals surface area contributed by atoms with Crippen molar-refractivity contribution < 1.29 is 18.8 Å². The van der Waals surface area contributed by atoms with Crippen LogP contribution in [0.15, 0.2) is 11.6 Å². The van der Waals surface area contributed by atoms with E-state index in [-0.39, 0.29) is 0 Å². The quantitative estimate of drug-likeness (QED) is 0.579. The number of allylic oxidation sites excluding steroid dienone is 1. The van der Waals surface area contributed by atoms with Crippen molar-refractivity contribution >= 4 is 15.3 Å². The first-order valence-electron chi connectivity index (χ1n) is 5.62. The zero-order chi connectivity index (χ0) is 13.0. The molecule has 4 nitrogen and oxygen atoms in total. The fourth-order valence-corrected chi connectivity index (χ4v) is 2.09. The van der Waals surface area contributed by atoms with Gasteiger partial charge in [0.05, 0.1) is 0 Å². The van der Waals surface area contributed by atoms with E-state index in [1.54, 1.807) is 19.9 Å². The first kappa shape index (κ1) is 17.7. The second kappa shape index (κ2) is 12.4. The van der Waals surface area contributed by atoms with Crippen LogP contribution in [0.4, 0.5) is 0 Å². The van der Waals surface area contributed by atoms with Crippen molar-refractivity contribution in [3.8, 4) is 0 Å². The van der Waals surface area contributed by atoms with Gasteiger partial charge in [-0.25, -0.2) is 4.79 Å². The van der Waals surface area contributed by atoms with Crippen molar-refractivity contribution in [2.75, 3.05) is 13.2 Å². The maximum absolute atomic E-state index is 9.86. The monoisotopic (exact) mass is 248 g/mol. The lowest BCUT2D eigenvalue weighted by Gasteiger charge is -2.11. The molecular formula is C11H24O4Si. The highest BCUT2D eigenvalue weighted by atomic mass is 28.3. The second-order valence-corrected chi connectivity index (χ2v) is 5.37. The lowest BCUT2D eigenvalue weighted by molar-refractivity contribution is -0.132. The van der Waals surface area contributed by atoms with Crippen molar-refractivity contribution in [3.05, 3.63) is 11.6 Å². The summed E-state index contributed by atoms with van der Waals surface area (Å²) in [5.74, 6) is -0.845. The first-order chi connectivity index (χ1) is 7.53. The molecule has 0 radical (unpaired) electrons. The van der Waals surface area contributed by atoms with Crippen LogP contribution in [0.1, 0.15) is 34.6 Å². The summed E-state index contributed by atoms with van der Waals surface area (Å²) in [4.78, 5) is 9.86. The van der Waals surface area contributed by atoms with Gasteiger partial charge in [-0.15, -0.1) is 0 Å². The van der Waals surface area contributed by atoms with Gasteiger partial charge in [0.2, 0.25) is 0 Å². The van der Waals surface area contributed by atoms with Crippen LogP contribution < -0.4 is 0 Å². The molecule has 0 aromatic rings. The Bertz CT molecular complexity index is 198. The largest absolute Gasteiger partial charge is 0.478 e. The van der Waals surface area contributed by atoms with Crippen LogP contribution in [0.5, 0.6) is 0 Å². The number of hydrogen-bond donors (Lipinski definition) is 1. The molecule has 0 fully saturated rings. The summed E-state index contributed by atoms with van der Waals surface area (Å²) in [5, 5.41) is 8.11. The molecule has 0 atom stereocenters. The Hall–Kier alpha value is -0.653. The Morgan fingerprint density at radius 2 is 1.69 bits per heavy atom. The van der Waals surface area contributed by atoms with E-state index < -0.39 is 15.3 Å². The Kier molecular flexibility index (Phi) is 13.8. The lowest BCUT2D eigenvalue weighted by Crippen LogP contribution is -2.21. The lowest BCUT2D eigenvalue weighted by atomic mass is 10.3. The molecule has 0 unspecified atom stereocenters. The van der Waals surface area contributed by atoms with Crippen LogP contribution in [0.2, 0.25) is 6.04 Å². The van der Waals surface area contributed by atoms with Gasteiger partial charge in [-0.2, -0.15) is 0 Å². The third kappa shape index (κ3) is 11.4. The number of carbonyl (C=O) groups is 1. The van der Waals surface area contributed by atoms with E-state index in [1.807, 2.05) is 13.8 Å². The van der Waals surface area contributed by atoms with Crippen molar-refractivity contribution in [2.24, 2.45) is 0 Å². The van der Waals surface area contributed by atoms with E-state index in [0.29, 0.717) is 5.57 Å². The van der Waals surface area contributed by atoms with Crippen molar-refractivity contribution in [3.63, 3.8) is 0 Å². The predicted molar refractivity (Wildman–Crippen MR) is 67.9 cm³/mol. The van der Waals surface area contributed by atoms with E-state index in [1.165, 1.54) is 0 Å². The smallest absolute Gasteiger partial charge is 0.330 e. The second-order valence-electron chi connectivity index (χ2n) is 3.03. The molecule has 0 rings (SSSR count). The summed E-state index contributed by atoms with van der Waals surface area (Å²) in [5.41, 5.74) is 0.389. The fraction of sp³-hybridized carbons (Fsp3) is 0.727. The summed E-state index contributed by atoms with van der Waals surface area (Å²) in [7, 11) is -1.21. The minimum absolute atomic E-state index is 0.389. The van der Waals surface area contributed by atoms with Crippen molar-refractivity contribution in [1.82, 2.24) is 0 Å². The molecule has 0 aromatic carbocycles. The summed E-state index contributed by atoms with van der Waals surface area (Å²) >= 11 is 0. The van der Waals surface area contributed by atoms with E-state index in [2.05, 4.69) is 6.92 Å². The standard InChI is InChI=1S/C6H16O2Si.C5H8O2/c1-4-7-9(6-3)8-5-2;1-3-4(2)5(6)7/h9H,4-6H2,1-3H3;3H,1-2H3,(H,6,7). The Balaban J connectivity index is 0. The maximum Gasteiger partial charge on any atom is 0.330 e. The molecular weight excluding hydrogens is 224 g/mol. The minimum atomic E-state index is -1.21. The van der Waals surface area contributed by atoms with Crippen LogP contribution in [-0.4, -0.2) is 33.6 Å².